The van der Waals surface area contributed by atoms with Gasteiger partial charge in [-0.15, -0.1) is 22.9 Å². The highest BCUT2D eigenvalue weighted by atomic mass is 79.9. The molecule has 0 N–H and O–H groups in total. The molecule has 0 radical (unpaired) electrons. The first-order chi connectivity index (χ1) is 9.67. The van der Waals surface area contributed by atoms with E-state index in [-0.39, 0.29) is 5.82 Å². The monoisotopic (exact) mass is 372 g/mol. The first-order valence-electron chi connectivity index (χ1n) is 6.12. The molecule has 1 aromatic carbocycles. The zero-order chi connectivity index (χ0) is 14.1. The second-order valence-corrected chi connectivity index (χ2v) is 7.22. The number of imidazole rings is 1. The van der Waals surface area contributed by atoms with Crippen LogP contribution in [0.2, 0.25) is 0 Å². The summed E-state index contributed by atoms with van der Waals surface area (Å²) in [6, 6.07) is 8.76. The highest BCUT2D eigenvalue weighted by Crippen LogP contribution is 2.24. The molecule has 0 unspecified atom stereocenters. The van der Waals surface area contributed by atoms with Gasteiger partial charge < -0.3 is 4.57 Å². The van der Waals surface area contributed by atoms with Gasteiger partial charge >= 0.3 is 0 Å². The van der Waals surface area contributed by atoms with Crippen molar-refractivity contribution in [3.05, 3.63) is 50.6 Å². The zero-order valence-corrected chi connectivity index (χ0v) is 13.6. The van der Waals surface area contributed by atoms with Crippen molar-refractivity contribution in [3.63, 3.8) is 0 Å². The van der Waals surface area contributed by atoms with Gasteiger partial charge in [-0.25, -0.2) is 9.37 Å². The fraction of sp³-hybridized carbons (Fsp3) is 0.214. The molecule has 0 fully saturated rings. The second-order valence-electron chi connectivity index (χ2n) is 4.40. The molecule has 0 spiro atoms. The summed E-state index contributed by atoms with van der Waals surface area (Å²) in [4.78, 5) is 5.72. The number of aryl methyl sites for hydroxylation is 2. The van der Waals surface area contributed by atoms with Gasteiger partial charge in [0.25, 0.3) is 0 Å². The Morgan fingerprint density at radius 3 is 2.85 bits per heavy atom. The van der Waals surface area contributed by atoms with Gasteiger partial charge in [-0.05, 0) is 52.7 Å². The fourth-order valence-electron chi connectivity index (χ4n) is 2.21. The molecule has 0 saturated heterocycles. The molecule has 104 valence electrons. The van der Waals surface area contributed by atoms with Crippen molar-refractivity contribution >= 4 is 49.9 Å². The molecule has 0 atom stereocenters. The normalized spacial score (nSPS) is 11.3. The molecule has 0 aliphatic carbocycles. The van der Waals surface area contributed by atoms with Crippen LogP contribution in [-0.2, 0) is 18.8 Å². The number of rotatable bonds is 4. The van der Waals surface area contributed by atoms with Crippen molar-refractivity contribution in [1.82, 2.24) is 9.55 Å². The van der Waals surface area contributed by atoms with Crippen LogP contribution < -0.4 is 0 Å². The molecule has 0 amide bonds. The Labute approximate surface area is 133 Å². The first-order valence-corrected chi connectivity index (χ1v) is 8.26. The summed E-state index contributed by atoms with van der Waals surface area (Å²) >= 11 is 11.1. The number of fused-ring (bicyclic) bond motifs is 1. The average molecular weight is 374 g/mol. The third-order valence-corrected chi connectivity index (χ3v) is 5.04. The molecule has 2 heterocycles. The fourth-order valence-corrected chi connectivity index (χ4v) is 3.88. The Balaban J connectivity index is 1.94. The number of thiophene rings is 1. The van der Waals surface area contributed by atoms with Crippen molar-refractivity contribution in [1.29, 1.82) is 0 Å². The van der Waals surface area contributed by atoms with E-state index >= 15 is 0 Å². The van der Waals surface area contributed by atoms with Crippen molar-refractivity contribution < 1.29 is 4.39 Å². The van der Waals surface area contributed by atoms with Gasteiger partial charge in [-0.1, -0.05) is 0 Å². The summed E-state index contributed by atoms with van der Waals surface area (Å²) in [5.41, 5.74) is 1.59. The SMILES string of the molecule is Fc1ccc2nc(CCl)n(CCc3ccc(Br)s3)c2c1. The topological polar surface area (TPSA) is 17.8 Å². The minimum absolute atomic E-state index is 0.251. The van der Waals surface area contributed by atoms with Gasteiger partial charge in [-0.2, -0.15) is 0 Å². The van der Waals surface area contributed by atoms with E-state index in [1.165, 1.54) is 17.0 Å². The molecule has 3 rings (SSSR count). The highest BCUT2D eigenvalue weighted by Gasteiger charge is 2.11. The van der Waals surface area contributed by atoms with Gasteiger partial charge in [0, 0.05) is 11.4 Å². The summed E-state index contributed by atoms with van der Waals surface area (Å²) in [5, 5.41) is 0. The highest BCUT2D eigenvalue weighted by molar-refractivity contribution is 9.11. The maximum Gasteiger partial charge on any atom is 0.125 e. The molecule has 0 aliphatic rings. The third kappa shape index (κ3) is 2.75. The molecule has 6 heteroatoms. The second kappa shape index (κ2) is 5.84. The van der Waals surface area contributed by atoms with Crippen LogP contribution in [0.25, 0.3) is 11.0 Å². The zero-order valence-electron chi connectivity index (χ0n) is 10.4. The molecular formula is C14H11BrClFN2S. The van der Waals surface area contributed by atoms with Crippen LogP contribution in [-0.4, -0.2) is 9.55 Å². The summed E-state index contributed by atoms with van der Waals surface area (Å²) in [6.07, 6.45) is 0.877. The predicted octanol–water partition coefficient (Wildman–Crippen LogP) is 4.98. The lowest BCUT2D eigenvalue weighted by Gasteiger charge is -2.06. The van der Waals surface area contributed by atoms with Crippen molar-refractivity contribution in [2.24, 2.45) is 0 Å². The van der Waals surface area contributed by atoms with Crippen molar-refractivity contribution in [2.45, 2.75) is 18.8 Å². The Morgan fingerprint density at radius 2 is 2.15 bits per heavy atom. The van der Waals surface area contributed by atoms with E-state index in [2.05, 4.69) is 27.0 Å². The molecule has 0 saturated carbocycles. The predicted molar refractivity (Wildman–Crippen MR) is 85.0 cm³/mol. The van der Waals surface area contributed by atoms with E-state index in [1.54, 1.807) is 17.4 Å². The molecule has 3 aromatic rings. The Hall–Kier alpha value is -0.910. The third-order valence-electron chi connectivity index (χ3n) is 3.12. The lowest BCUT2D eigenvalue weighted by atomic mass is 10.3. The maximum atomic E-state index is 13.4. The van der Waals surface area contributed by atoms with Crippen molar-refractivity contribution in [2.75, 3.05) is 0 Å². The Bertz CT molecular complexity index is 753. The van der Waals surface area contributed by atoms with Gasteiger partial charge in [0.05, 0.1) is 20.7 Å². The summed E-state index contributed by atoms with van der Waals surface area (Å²) in [5.74, 6) is 0.853. The maximum absolute atomic E-state index is 13.4. The van der Waals surface area contributed by atoms with Gasteiger partial charge in [-0.3, -0.25) is 0 Å². The molecule has 0 aliphatic heterocycles. The number of halogens is 3. The van der Waals surface area contributed by atoms with E-state index in [0.29, 0.717) is 5.88 Å². The number of benzene rings is 1. The molecule has 0 bridgehead atoms. The largest absolute Gasteiger partial charge is 0.327 e. The first kappa shape index (κ1) is 14.0. The average Bonchev–Trinajstić information content (AvgIpc) is 2.99. The lowest BCUT2D eigenvalue weighted by molar-refractivity contribution is 0.627. The lowest BCUT2D eigenvalue weighted by Crippen LogP contribution is -2.04. The number of nitrogens with zero attached hydrogens (tertiary/aromatic N) is 2. The molecule has 2 nitrogen and oxygen atoms in total. The van der Waals surface area contributed by atoms with Crippen molar-refractivity contribution in [3.8, 4) is 0 Å². The van der Waals surface area contributed by atoms with Crippen LogP contribution in [0, 0.1) is 5.82 Å². The van der Waals surface area contributed by atoms with Crippen LogP contribution in [0.3, 0.4) is 0 Å². The van der Waals surface area contributed by atoms with Gasteiger partial charge in [0.2, 0.25) is 0 Å². The Kier molecular flexibility index (Phi) is 4.10. The van der Waals surface area contributed by atoms with E-state index in [0.717, 1.165) is 33.6 Å². The number of alkyl halides is 1. The van der Waals surface area contributed by atoms with E-state index in [4.69, 9.17) is 11.6 Å². The van der Waals surface area contributed by atoms with Crippen LogP contribution in [0.15, 0.2) is 34.1 Å². The standard InChI is InChI=1S/C14H11BrClFN2S/c15-13-4-2-10(20-13)5-6-19-12-7-9(17)1-3-11(12)18-14(19)8-16/h1-4,7H,5-6,8H2. The van der Waals surface area contributed by atoms with Crippen LogP contribution in [0.5, 0.6) is 0 Å². The summed E-state index contributed by atoms with van der Waals surface area (Å²) < 4.78 is 16.5. The summed E-state index contributed by atoms with van der Waals surface area (Å²) in [6.45, 7) is 0.745. The quantitative estimate of drug-likeness (QED) is 0.590. The van der Waals surface area contributed by atoms with Crippen LogP contribution in [0.4, 0.5) is 4.39 Å². The minimum atomic E-state index is -0.251. The van der Waals surface area contributed by atoms with E-state index < -0.39 is 0 Å². The van der Waals surface area contributed by atoms with Gasteiger partial charge in [0.1, 0.15) is 11.6 Å². The number of aromatic nitrogens is 2. The van der Waals surface area contributed by atoms with Gasteiger partial charge in [0.15, 0.2) is 0 Å². The van der Waals surface area contributed by atoms with E-state index in [9.17, 15) is 4.39 Å². The molecule has 20 heavy (non-hydrogen) atoms. The number of hydrogen-bond donors (Lipinski definition) is 0. The molecular weight excluding hydrogens is 363 g/mol. The van der Waals surface area contributed by atoms with E-state index in [1.807, 2.05) is 10.6 Å². The van der Waals surface area contributed by atoms with Crippen LogP contribution in [0.1, 0.15) is 10.7 Å². The minimum Gasteiger partial charge on any atom is -0.327 e. The Morgan fingerprint density at radius 1 is 1.30 bits per heavy atom. The number of hydrogen-bond acceptors (Lipinski definition) is 2. The summed E-state index contributed by atoms with van der Waals surface area (Å²) in [7, 11) is 0. The smallest absolute Gasteiger partial charge is 0.125 e. The van der Waals surface area contributed by atoms with Crippen LogP contribution >= 0.6 is 38.9 Å². The molecule has 2 aromatic heterocycles.